The normalized spacial score (nSPS) is 17.4. The molecule has 1 aromatic carbocycles. The van der Waals surface area contributed by atoms with Crippen molar-refractivity contribution >= 4 is 46.9 Å². The first kappa shape index (κ1) is 17.4. The van der Waals surface area contributed by atoms with E-state index in [0.29, 0.717) is 38.6 Å². The lowest BCUT2D eigenvalue weighted by Gasteiger charge is -2.23. The van der Waals surface area contributed by atoms with Gasteiger partial charge in [0.1, 0.15) is 12.0 Å². The van der Waals surface area contributed by atoms with Crippen LogP contribution in [0.5, 0.6) is 5.75 Å². The molecule has 1 atom stereocenters. The number of aromatic nitrogens is 4. The summed E-state index contributed by atoms with van der Waals surface area (Å²) in [7, 11) is 1.60. The number of anilines is 2. The van der Waals surface area contributed by atoms with E-state index in [-0.39, 0.29) is 6.23 Å². The van der Waals surface area contributed by atoms with Gasteiger partial charge < -0.3 is 14.8 Å². The fraction of sp³-hybridized carbons (Fsp3) is 0.353. The molecule has 0 bridgehead atoms. The molecule has 3 heterocycles. The molecule has 1 unspecified atom stereocenters. The minimum atomic E-state index is -0.0613. The van der Waals surface area contributed by atoms with E-state index >= 15 is 0 Å². The molecule has 4 rings (SSSR count). The van der Waals surface area contributed by atoms with E-state index in [1.54, 1.807) is 19.5 Å². The number of methoxy groups -OCH3 is 1. The zero-order chi connectivity index (χ0) is 18.1. The Bertz CT molecular complexity index is 942. The molecule has 9 heteroatoms. The molecule has 0 amide bonds. The average Bonchev–Trinajstić information content (AvgIpc) is 3.08. The molecule has 1 N–H and O–H groups in total. The fourth-order valence-corrected chi connectivity index (χ4v) is 3.41. The minimum absolute atomic E-state index is 0.0613. The molecule has 0 spiro atoms. The van der Waals surface area contributed by atoms with Crippen LogP contribution in [0.2, 0.25) is 5.02 Å². The van der Waals surface area contributed by atoms with Crippen molar-refractivity contribution in [2.45, 2.75) is 30.6 Å². The number of halogens is 1. The molecule has 1 fully saturated rings. The Kier molecular flexibility index (Phi) is 4.88. The lowest BCUT2D eigenvalue weighted by atomic mass is 10.2. The second-order valence-electron chi connectivity index (χ2n) is 5.99. The molecule has 1 aliphatic rings. The number of imidazole rings is 1. The highest BCUT2D eigenvalue weighted by Gasteiger charge is 2.21. The topological polar surface area (TPSA) is 74.1 Å². The third-order valence-corrected chi connectivity index (χ3v) is 4.82. The van der Waals surface area contributed by atoms with Gasteiger partial charge in [-0.25, -0.2) is 15.0 Å². The van der Waals surface area contributed by atoms with Crippen LogP contribution in [0.25, 0.3) is 11.2 Å². The molecule has 136 valence electrons. The molecular weight excluding hydrogens is 374 g/mol. The lowest BCUT2D eigenvalue weighted by Crippen LogP contribution is -2.17. The van der Waals surface area contributed by atoms with Crippen LogP contribution >= 0.6 is 24.2 Å². The first-order valence-corrected chi connectivity index (χ1v) is 9.14. The van der Waals surface area contributed by atoms with E-state index in [1.165, 1.54) is 0 Å². The molecule has 7 nitrogen and oxygen atoms in total. The Labute approximate surface area is 161 Å². The average molecular weight is 392 g/mol. The highest BCUT2D eigenvalue weighted by Crippen LogP contribution is 2.32. The van der Waals surface area contributed by atoms with E-state index in [1.807, 2.05) is 16.7 Å². The van der Waals surface area contributed by atoms with Gasteiger partial charge in [-0.3, -0.25) is 4.57 Å². The minimum Gasteiger partial charge on any atom is -0.497 e. The fourth-order valence-electron chi connectivity index (χ4n) is 3.00. The molecule has 0 aliphatic carbocycles. The monoisotopic (exact) mass is 391 g/mol. The summed E-state index contributed by atoms with van der Waals surface area (Å²) in [5.41, 5.74) is 2.02. The Morgan fingerprint density at radius 1 is 1.35 bits per heavy atom. The quantitative estimate of drug-likeness (QED) is 0.512. The Hall–Kier alpha value is -2.03. The summed E-state index contributed by atoms with van der Waals surface area (Å²) in [6.45, 7) is 0.746. The molecule has 2 aromatic heterocycles. The van der Waals surface area contributed by atoms with Gasteiger partial charge in [-0.1, -0.05) is 11.6 Å². The van der Waals surface area contributed by atoms with E-state index in [9.17, 15) is 0 Å². The van der Waals surface area contributed by atoms with Crippen molar-refractivity contribution in [3.8, 4) is 5.75 Å². The summed E-state index contributed by atoms with van der Waals surface area (Å²) in [5, 5.41) is 4.09. The number of hydrogen-bond acceptors (Lipinski definition) is 7. The zero-order valence-electron chi connectivity index (χ0n) is 14.1. The van der Waals surface area contributed by atoms with Crippen molar-refractivity contribution in [3.05, 3.63) is 29.5 Å². The molecule has 3 aromatic rings. The Balaban J connectivity index is 1.72. The van der Waals surface area contributed by atoms with Crippen LogP contribution in [-0.2, 0) is 4.74 Å². The summed E-state index contributed by atoms with van der Waals surface area (Å²) < 4.78 is 13.0. The second kappa shape index (κ2) is 7.30. The van der Waals surface area contributed by atoms with Crippen molar-refractivity contribution in [2.24, 2.45) is 0 Å². The van der Waals surface area contributed by atoms with Gasteiger partial charge in [0.2, 0.25) is 0 Å². The summed E-state index contributed by atoms with van der Waals surface area (Å²) in [4.78, 5) is 13.3. The summed E-state index contributed by atoms with van der Waals surface area (Å²) >= 11 is 10.7. The van der Waals surface area contributed by atoms with Crippen LogP contribution in [0, 0.1) is 0 Å². The van der Waals surface area contributed by atoms with Crippen LogP contribution in [-0.4, -0.2) is 33.2 Å². The van der Waals surface area contributed by atoms with Crippen LogP contribution in [0.3, 0.4) is 0 Å². The van der Waals surface area contributed by atoms with E-state index in [0.717, 1.165) is 25.9 Å². The summed E-state index contributed by atoms with van der Waals surface area (Å²) in [6.07, 6.45) is 4.82. The number of thiol groups is 1. The van der Waals surface area contributed by atoms with Gasteiger partial charge in [0.25, 0.3) is 0 Å². The number of hydrogen-bond donors (Lipinski definition) is 2. The molecule has 1 saturated heterocycles. The molecular formula is C17H18ClN5O2S. The molecule has 0 radical (unpaired) electrons. The van der Waals surface area contributed by atoms with Gasteiger partial charge in [0.15, 0.2) is 22.1 Å². The Morgan fingerprint density at radius 2 is 2.23 bits per heavy atom. The molecule has 0 saturated carbocycles. The van der Waals surface area contributed by atoms with Gasteiger partial charge in [-0.15, -0.1) is 12.6 Å². The summed E-state index contributed by atoms with van der Waals surface area (Å²) in [5.74, 6) is 1.23. The van der Waals surface area contributed by atoms with Crippen LogP contribution in [0.4, 0.5) is 11.5 Å². The highest BCUT2D eigenvalue weighted by atomic mass is 35.5. The molecule has 26 heavy (non-hydrogen) atoms. The van der Waals surface area contributed by atoms with Crippen molar-refractivity contribution in [3.63, 3.8) is 0 Å². The van der Waals surface area contributed by atoms with Gasteiger partial charge in [0, 0.05) is 12.7 Å². The van der Waals surface area contributed by atoms with Gasteiger partial charge in [-0.05, 0) is 31.4 Å². The van der Waals surface area contributed by atoms with Crippen LogP contribution in [0.15, 0.2) is 29.7 Å². The number of fused-ring (bicyclic) bond motifs is 1. The Morgan fingerprint density at radius 3 is 2.96 bits per heavy atom. The first-order chi connectivity index (χ1) is 12.7. The van der Waals surface area contributed by atoms with Crippen LogP contribution < -0.4 is 10.1 Å². The third kappa shape index (κ3) is 3.32. The smallest absolute Gasteiger partial charge is 0.188 e. The lowest BCUT2D eigenvalue weighted by molar-refractivity contribution is -0.0298. The van der Waals surface area contributed by atoms with E-state index in [2.05, 4.69) is 32.9 Å². The number of ether oxygens (including phenoxy) is 2. The van der Waals surface area contributed by atoms with Gasteiger partial charge in [0.05, 0.1) is 24.1 Å². The zero-order valence-corrected chi connectivity index (χ0v) is 15.8. The predicted molar refractivity (Wildman–Crippen MR) is 103 cm³/mol. The second-order valence-corrected chi connectivity index (χ2v) is 6.80. The maximum atomic E-state index is 6.33. The van der Waals surface area contributed by atoms with Crippen molar-refractivity contribution in [1.29, 1.82) is 0 Å². The maximum absolute atomic E-state index is 6.33. The standard InChI is InChI=1S/C17H18ClN5O2S/c1-24-10-5-6-12(11(18)8-10)20-15-14-16(22-17(26)21-15)23(9-19-14)13-4-2-3-7-25-13/h5-6,8-9,13H,2-4,7H2,1H3,(H2,20,21,22,26). The van der Waals surface area contributed by atoms with Crippen LogP contribution in [0.1, 0.15) is 25.5 Å². The van der Waals surface area contributed by atoms with Crippen molar-refractivity contribution in [2.75, 3.05) is 19.0 Å². The maximum Gasteiger partial charge on any atom is 0.188 e. The van der Waals surface area contributed by atoms with Crippen molar-refractivity contribution in [1.82, 2.24) is 19.5 Å². The molecule has 1 aliphatic heterocycles. The van der Waals surface area contributed by atoms with Gasteiger partial charge in [-0.2, -0.15) is 0 Å². The van der Waals surface area contributed by atoms with Gasteiger partial charge >= 0.3 is 0 Å². The summed E-state index contributed by atoms with van der Waals surface area (Å²) in [6, 6.07) is 5.38. The number of benzene rings is 1. The number of nitrogens with zero attached hydrogens (tertiary/aromatic N) is 4. The third-order valence-electron chi connectivity index (χ3n) is 4.30. The predicted octanol–water partition coefficient (Wildman–Crippen LogP) is 4.22. The SMILES string of the molecule is COc1ccc(Nc2nc(S)nc3c2ncn3C2CCCCO2)c(Cl)c1. The van der Waals surface area contributed by atoms with E-state index in [4.69, 9.17) is 21.1 Å². The van der Waals surface area contributed by atoms with Crippen molar-refractivity contribution < 1.29 is 9.47 Å². The largest absolute Gasteiger partial charge is 0.497 e. The highest BCUT2D eigenvalue weighted by molar-refractivity contribution is 7.80. The first-order valence-electron chi connectivity index (χ1n) is 8.31. The number of nitrogens with one attached hydrogen (secondary N) is 1. The van der Waals surface area contributed by atoms with E-state index < -0.39 is 0 Å². The number of rotatable bonds is 4.